The molecule has 0 amide bonds. The van der Waals surface area contributed by atoms with Crippen LogP contribution in [0.25, 0.3) is 0 Å². The zero-order valence-electron chi connectivity index (χ0n) is 10.8. The molecule has 1 heterocycles. The van der Waals surface area contributed by atoms with Gasteiger partial charge in [0.2, 0.25) is 0 Å². The monoisotopic (exact) mass is 271 g/mol. The first-order chi connectivity index (χ1) is 8.33. The molecule has 0 saturated carbocycles. The summed E-state index contributed by atoms with van der Waals surface area (Å²) in [6, 6.07) is 6.36. The van der Waals surface area contributed by atoms with Crippen LogP contribution in [0.5, 0.6) is 0 Å². The summed E-state index contributed by atoms with van der Waals surface area (Å²) in [5.74, 6) is -0.290. The van der Waals surface area contributed by atoms with E-state index in [0.29, 0.717) is 13.2 Å². The maximum absolute atomic E-state index is 13.3. The smallest absolute Gasteiger partial charge is 0.123 e. The Kier molecular flexibility index (Phi) is 3.58. The Hall–Kier alpha value is -0.780. The molecular weight excluding hydrogens is 253 g/mol. The lowest BCUT2D eigenvalue weighted by atomic mass is 9.89. The van der Waals surface area contributed by atoms with Crippen LogP contribution in [0.3, 0.4) is 0 Å². The van der Waals surface area contributed by atoms with E-state index in [0.717, 1.165) is 5.56 Å². The van der Waals surface area contributed by atoms with Gasteiger partial charge in [-0.3, -0.25) is 0 Å². The summed E-state index contributed by atoms with van der Waals surface area (Å²) in [6.45, 7) is 6.52. The standard InChI is InChI=1S/C13H18FNO2S/c1-12(2,3)18(16)15-13(8-17-9-13)10-5-4-6-11(14)7-10/h4-7,15H,8-9H2,1-3H3. The highest BCUT2D eigenvalue weighted by Crippen LogP contribution is 2.31. The van der Waals surface area contributed by atoms with Gasteiger partial charge in [0.15, 0.2) is 0 Å². The molecule has 1 aromatic rings. The van der Waals surface area contributed by atoms with E-state index in [2.05, 4.69) is 4.72 Å². The van der Waals surface area contributed by atoms with Crippen LogP contribution >= 0.6 is 0 Å². The van der Waals surface area contributed by atoms with E-state index in [1.165, 1.54) is 12.1 Å². The van der Waals surface area contributed by atoms with Gasteiger partial charge in [0.1, 0.15) is 11.4 Å². The molecule has 1 unspecified atom stereocenters. The Morgan fingerprint density at radius 2 is 2.06 bits per heavy atom. The predicted molar refractivity (Wildman–Crippen MR) is 69.9 cm³/mol. The average Bonchev–Trinajstić information content (AvgIpc) is 2.21. The SMILES string of the molecule is CC(C)(C)S(=O)NC1(c2cccc(F)c2)COC1. The lowest BCUT2D eigenvalue weighted by Crippen LogP contribution is -2.59. The average molecular weight is 271 g/mol. The van der Waals surface area contributed by atoms with E-state index in [9.17, 15) is 8.60 Å². The third kappa shape index (κ3) is 2.63. The fourth-order valence-electron chi connectivity index (χ4n) is 1.71. The van der Waals surface area contributed by atoms with Crippen LogP contribution in [0.2, 0.25) is 0 Å². The second-order valence-electron chi connectivity index (χ2n) is 5.57. The summed E-state index contributed by atoms with van der Waals surface area (Å²) < 4.78 is 33.4. The molecule has 2 rings (SSSR count). The highest BCUT2D eigenvalue weighted by molar-refractivity contribution is 7.84. The van der Waals surface area contributed by atoms with Crippen molar-refractivity contribution >= 4 is 11.0 Å². The number of ether oxygens (including phenoxy) is 1. The Morgan fingerprint density at radius 1 is 1.39 bits per heavy atom. The lowest BCUT2D eigenvalue weighted by Gasteiger charge is -2.43. The first-order valence-corrected chi connectivity index (χ1v) is 7.02. The van der Waals surface area contributed by atoms with Gasteiger partial charge in [-0.1, -0.05) is 12.1 Å². The highest BCUT2D eigenvalue weighted by atomic mass is 32.2. The number of hydrogen-bond donors (Lipinski definition) is 1. The van der Waals surface area contributed by atoms with Gasteiger partial charge in [0, 0.05) is 0 Å². The summed E-state index contributed by atoms with van der Waals surface area (Å²) in [5.41, 5.74) is 0.256. The summed E-state index contributed by atoms with van der Waals surface area (Å²) in [6.07, 6.45) is 0. The van der Waals surface area contributed by atoms with Gasteiger partial charge in [-0.25, -0.2) is 13.3 Å². The molecule has 3 nitrogen and oxygen atoms in total. The third-order valence-electron chi connectivity index (χ3n) is 2.92. The van der Waals surface area contributed by atoms with Crippen molar-refractivity contribution in [3.63, 3.8) is 0 Å². The summed E-state index contributed by atoms with van der Waals surface area (Å²) in [4.78, 5) is 0. The molecule has 18 heavy (non-hydrogen) atoms. The number of halogens is 1. The number of nitrogens with one attached hydrogen (secondary N) is 1. The topological polar surface area (TPSA) is 38.3 Å². The molecule has 1 aliphatic heterocycles. The predicted octanol–water partition coefficient (Wildman–Crippen LogP) is 2.10. The van der Waals surface area contributed by atoms with Crippen molar-refractivity contribution in [3.8, 4) is 0 Å². The Balaban J connectivity index is 2.24. The molecule has 0 aromatic heterocycles. The summed E-state index contributed by atoms with van der Waals surface area (Å²) >= 11 is 0. The van der Waals surface area contributed by atoms with Crippen LogP contribution in [0.4, 0.5) is 4.39 Å². The van der Waals surface area contributed by atoms with Gasteiger partial charge in [-0.05, 0) is 38.5 Å². The van der Waals surface area contributed by atoms with E-state index >= 15 is 0 Å². The molecule has 5 heteroatoms. The van der Waals surface area contributed by atoms with Crippen molar-refractivity contribution in [2.45, 2.75) is 31.1 Å². The van der Waals surface area contributed by atoms with Crippen LogP contribution in [-0.2, 0) is 21.3 Å². The first kappa shape index (κ1) is 13.6. The molecule has 1 N–H and O–H groups in total. The fraction of sp³-hybridized carbons (Fsp3) is 0.538. The molecular formula is C13H18FNO2S. The van der Waals surface area contributed by atoms with Crippen molar-refractivity contribution < 1.29 is 13.3 Å². The largest absolute Gasteiger partial charge is 0.377 e. The van der Waals surface area contributed by atoms with Crippen molar-refractivity contribution in [3.05, 3.63) is 35.6 Å². The Morgan fingerprint density at radius 3 is 2.50 bits per heavy atom. The van der Waals surface area contributed by atoms with Crippen LogP contribution in [0, 0.1) is 5.82 Å². The van der Waals surface area contributed by atoms with Crippen LogP contribution < -0.4 is 4.72 Å². The molecule has 1 atom stereocenters. The second kappa shape index (κ2) is 4.72. The Labute approximate surface area is 109 Å². The molecule has 100 valence electrons. The maximum Gasteiger partial charge on any atom is 0.123 e. The minimum atomic E-state index is -1.21. The minimum Gasteiger partial charge on any atom is -0.377 e. The molecule has 1 aliphatic rings. The number of hydrogen-bond acceptors (Lipinski definition) is 2. The minimum absolute atomic E-state index is 0.290. The molecule has 1 fully saturated rings. The first-order valence-electron chi connectivity index (χ1n) is 5.87. The van der Waals surface area contributed by atoms with Gasteiger partial charge in [0.05, 0.1) is 28.9 Å². The van der Waals surface area contributed by atoms with Crippen LogP contribution in [0.15, 0.2) is 24.3 Å². The van der Waals surface area contributed by atoms with Crippen molar-refractivity contribution in [1.82, 2.24) is 4.72 Å². The highest BCUT2D eigenvalue weighted by Gasteiger charge is 2.43. The normalized spacial score (nSPS) is 20.2. The quantitative estimate of drug-likeness (QED) is 0.914. The number of rotatable bonds is 3. The molecule has 0 radical (unpaired) electrons. The van der Waals surface area contributed by atoms with Crippen LogP contribution in [0.1, 0.15) is 26.3 Å². The zero-order chi connectivity index (χ0) is 13.4. The Bertz CT molecular complexity index is 466. The van der Waals surface area contributed by atoms with Gasteiger partial charge in [-0.2, -0.15) is 0 Å². The zero-order valence-corrected chi connectivity index (χ0v) is 11.6. The molecule has 1 aromatic carbocycles. The van der Waals surface area contributed by atoms with Gasteiger partial charge in [0.25, 0.3) is 0 Å². The molecule has 0 spiro atoms. The lowest BCUT2D eigenvalue weighted by molar-refractivity contribution is -0.0660. The van der Waals surface area contributed by atoms with E-state index in [4.69, 9.17) is 4.74 Å². The molecule has 0 aliphatic carbocycles. The van der Waals surface area contributed by atoms with Gasteiger partial charge < -0.3 is 4.74 Å². The molecule has 0 bridgehead atoms. The van der Waals surface area contributed by atoms with Crippen molar-refractivity contribution in [1.29, 1.82) is 0 Å². The van der Waals surface area contributed by atoms with E-state index in [1.54, 1.807) is 6.07 Å². The fourth-order valence-corrected chi connectivity index (χ4v) is 2.60. The van der Waals surface area contributed by atoms with E-state index < -0.39 is 16.5 Å². The third-order valence-corrected chi connectivity index (χ3v) is 4.61. The van der Waals surface area contributed by atoms with E-state index in [-0.39, 0.29) is 10.6 Å². The van der Waals surface area contributed by atoms with Gasteiger partial charge in [-0.15, -0.1) is 0 Å². The van der Waals surface area contributed by atoms with Crippen molar-refractivity contribution in [2.75, 3.05) is 13.2 Å². The van der Waals surface area contributed by atoms with Crippen LogP contribution in [-0.4, -0.2) is 22.2 Å². The maximum atomic E-state index is 13.3. The van der Waals surface area contributed by atoms with Crippen molar-refractivity contribution in [2.24, 2.45) is 0 Å². The van der Waals surface area contributed by atoms with E-state index in [1.807, 2.05) is 26.8 Å². The summed E-state index contributed by atoms with van der Waals surface area (Å²) in [5, 5.41) is 0. The summed E-state index contributed by atoms with van der Waals surface area (Å²) in [7, 11) is -1.21. The second-order valence-corrected chi connectivity index (χ2v) is 7.53. The number of benzene rings is 1. The molecule has 1 saturated heterocycles. The van der Waals surface area contributed by atoms with Gasteiger partial charge >= 0.3 is 0 Å².